The number of nitrogens with two attached hydrogens (primary N) is 1. The molecule has 2 rings (SSSR count). The summed E-state index contributed by atoms with van der Waals surface area (Å²) < 4.78 is 6.10. The molecule has 0 aromatic heterocycles. The van der Waals surface area contributed by atoms with Gasteiger partial charge < -0.3 is 10.5 Å². The minimum absolute atomic E-state index is 0.148. The molecular weight excluding hydrogens is 258 g/mol. The first-order chi connectivity index (χ1) is 9.81. The van der Waals surface area contributed by atoms with E-state index < -0.39 is 0 Å². The van der Waals surface area contributed by atoms with Gasteiger partial charge in [-0.25, -0.2) is 0 Å². The first-order valence-electron chi connectivity index (χ1n) is 7.40. The van der Waals surface area contributed by atoms with Gasteiger partial charge in [-0.1, -0.05) is 45.0 Å². The maximum absolute atomic E-state index is 6.10. The molecule has 2 N–H and O–H groups in total. The summed E-state index contributed by atoms with van der Waals surface area (Å²) in [7, 11) is 0. The van der Waals surface area contributed by atoms with Crippen molar-refractivity contribution in [3.8, 4) is 11.5 Å². The fraction of sp³-hybridized carbons (Fsp3) is 0.368. The van der Waals surface area contributed by atoms with E-state index >= 15 is 0 Å². The third kappa shape index (κ3) is 3.64. The summed E-state index contributed by atoms with van der Waals surface area (Å²) in [5.41, 5.74) is 10.6. The molecule has 0 aliphatic heterocycles. The summed E-state index contributed by atoms with van der Waals surface area (Å²) in [6, 6.07) is 12.5. The molecule has 0 atom stereocenters. The first kappa shape index (κ1) is 15.6. The summed E-state index contributed by atoms with van der Waals surface area (Å²) in [4.78, 5) is 0. The maximum Gasteiger partial charge on any atom is 0.132 e. The molecule has 2 aromatic rings. The smallest absolute Gasteiger partial charge is 0.132 e. The molecule has 2 nitrogen and oxygen atoms in total. The highest BCUT2D eigenvalue weighted by Gasteiger charge is 2.15. The standard InChI is InChI=1S/C19H25NO/c1-13-6-7-15(12-20)18(10-13)21-17-9-8-16(11-14(17)2)19(3,4)5/h6-11H,12,20H2,1-5H3. The lowest BCUT2D eigenvalue weighted by atomic mass is 9.86. The van der Waals surface area contributed by atoms with Crippen LogP contribution in [0.3, 0.4) is 0 Å². The second kappa shape index (κ2) is 5.90. The van der Waals surface area contributed by atoms with Crippen LogP contribution in [0.2, 0.25) is 0 Å². The Hall–Kier alpha value is -1.80. The molecule has 0 spiro atoms. The van der Waals surface area contributed by atoms with E-state index in [1.165, 1.54) is 11.1 Å². The number of rotatable bonds is 3. The summed E-state index contributed by atoms with van der Waals surface area (Å²) in [6.07, 6.45) is 0. The van der Waals surface area contributed by atoms with Crippen molar-refractivity contribution in [3.63, 3.8) is 0 Å². The van der Waals surface area contributed by atoms with Gasteiger partial charge >= 0.3 is 0 Å². The van der Waals surface area contributed by atoms with Crippen LogP contribution < -0.4 is 10.5 Å². The van der Waals surface area contributed by atoms with Crippen LogP contribution in [0.4, 0.5) is 0 Å². The molecule has 112 valence electrons. The van der Waals surface area contributed by atoms with Gasteiger partial charge in [0.1, 0.15) is 11.5 Å². The normalized spacial score (nSPS) is 11.5. The Morgan fingerprint density at radius 2 is 1.67 bits per heavy atom. The van der Waals surface area contributed by atoms with Crippen LogP contribution in [-0.4, -0.2) is 0 Å². The van der Waals surface area contributed by atoms with E-state index in [-0.39, 0.29) is 5.41 Å². The fourth-order valence-electron chi connectivity index (χ4n) is 2.27. The number of hydrogen-bond donors (Lipinski definition) is 1. The quantitative estimate of drug-likeness (QED) is 0.873. The zero-order chi connectivity index (χ0) is 15.6. The molecule has 0 aliphatic rings. The van der Waals surface area contributed by atoms with Crippen LogP contribution in [0.1, 0.15) is 43.0 Å². The van der Waals surface area contributed by atoms with E-state index in [9.17, 15) is 0 Å². The minimum Gasteiger partial charge on any atom is -0.457 e. The lowest BCUT2D eigenvalue weighted by Gasteiger charge is -2.21. The topological polar surface area (TPSA) is 35.2 Å². The second-order valence-corrected chi connectivity index (χ2v) is 6.65. The molecule has 2 heteroatoms. The van der Waals surface area contributed by atoms with Gasteiger partial charge in [0.05, 0.1) is 0 Å². The van der Waals surface area contributed by atoms with Gasteiger partial charge in [-0.3, -0.25) is 0 Å². The van der Waals surface area contributed by atoms with Crippen molar-refractivity contribution in [1.29, 1.82) is 0 Å². The molecule has 0 saturated heterocycles. The van der Waals surface area contributed by atoms with E-state index in [0.717, 1.165) is 22.6 Å². The SMILES string of the molecule is Cc1ccc(CN)c(Oc2ccc(C(C)(C)C)cc2C)c1. The molecule has 0 unspecified atom stereocenters. The van der Waals surface area contributed by atoms with Gasteiger partial charge in [-0.2, -0.15) is 0 Å². The third-order valence-corrected chi connectivity index (χ3v) is 3.70. The molecule has 0 heterocycles. The van der Waals surface area contributed by atoms with Gasteiger partial charge in [0.2, 0.25) is 0 Å². The van der Waals surface area contributed by atoms with Crippen LogP contribution in [0.5, 0.6) is 11.5 Å². The molecule has 0 fully saturated rings. The molecular formula is C19H25NO. The molecule has 0 amide bonds. The average Bonchev–Trinajstić information content (AvgIpc) is 2.40. The Labute approximate surface area is 127 Å². The van der Waals surface area contributed by atoms with Crippen molar-refractivity contribution >= 4 is 0 Å². The van der Waals surface area contributed by atoms with Crippen molar-refractivity contribution in [2.24, 2.45) is 5.73 Å². The molecule has 0 saturated carbocycles. The predicted octanol–water partition coefficient (Wildman–Crippen LogP) is 4.85. The maximum atomic E-state index is 6.10. The lowest BCUT2D eigenvalue weighted by Crippen LogP contribution is -2.11. The Morgan fingerprint density at radius 3 is 2.24 bits per heavy atom. The number of aryl methyl sites for hydroxylation is 2. The lowest BCUT2D eigenvalue weighted by molar-refractivity contribution is 0.471. The first-order valence-corrected chi connectivity index (χ1v) is 7.40. The highest BCUT2D eigenvalue weighted by atomic mass is 16.5. The van der Waals surface area contributed by atoms with Crippen LogP contribution in [0.25, 0.3) is 0 Å². The summed E-state index contributed by atoms with van der Waals surface area (Å²) in [5.74, 6) is 1.74. The van der Waals surface area contributed by atoms with Gasteiger partial charge in [0.25, 0.3) is 0 Å². The zero-order valence-electron chi connectivity index (χ0n) is 13.7. The highest BCUT2D eigenvalue weighted by molar-refractivity contribution is 5.44. The van der Waals surface area contributed by atoms with Crippen LogP contribution in [0.15, 0.2) is 36.4 Å². The van der Waals surface area contributed by atoms with Crippen molar-refractivity contribution in [1.82, 2.24) is 0 Å². The number of hydrogen-bond acceptors (Lipinski definition) is 2. The Bertz CT molecular complexity index is 638. The molecule has 2 aromatic carbocycles. The summed E-state index contributed by atoms with van der Waals surface area (Å²) >= 11 is 0. The Morgan fingerprint density at radius 1 is 0.952 bits per heavy atom. The fourth-order valence-corrected chi connectivity index (χ4v) is 2.27. The number of benzene rings is 2. The monoisotopic (exact) mass is 283 g/mol. The molecule has 0 aliphatic carbocycles. The Kier molecular flexibility index (Phi) is 4.38. The van der Waals surface area contributed by atoms with E-state index in [2.05, 4.69) is 58.9 Å². The molecule has 21 heavy (non-hydrogen) atoms. The van der Waals surface area contributed by atoms with Crippen LogP contribution in [-0.2, 0) is 12.0 Å². The summed E-state index contributed by atoms with van der Waals surface area (Å²) in [5, 5.41) is 0. The van der Waals surface area contributed by atoms with Gasteiger partial charge in [-0.15, -0.1) is 0 Å². The summed E-state index contributed by atoms with van der Waals surface area (Å²) in [6.45, 7) is 11.3. The van der Waals surface area contributed by atoms with Crippen LogP contribution >= 0.6 is 0 Å². The average molecular weight is 283 g/mol. The zero-order valence-corrected chi connectivity index (χ0v) is 13.7. The Balaban J connectivity index is 2.34. The van der Waals surface area contributed by atoms with Gasteiger partial charge in [0.15, 0.2) is 0 Å². The number of ether oxygens (including phenoxy) is 1. The van der Waals surface area contributed by atoms with Gasteiger partial charge in [0, 0.05) is 12.1 Å². The van der Waals surface area contributed by atoms with E-state index in [4.69, 9.17) is 10.5 Å². The van der Waals surface area contributed by atoms with E-state index in [0.29, 0.717) is 6.54 Å². The largest absolute Gasteiger partial charge is 0.457 e. The highest BCUT2D eigenvalue weighted by Crippen LogP contribution is 2.32. The van der Waals surface area contributed by atoms with Crippen molar-refractivity contribution < 1.29 is 4.74 Å². The molecule has 0 radical (unpaired) electrons. The van der Waals surface area contributed by atoms with Crippen molar-refractivity contribution in [3.05, 3.63) is 58.7 Å². The van der Waals surface area contributed by atoms with Gasteiger partial charge in [-0.05, 0) is 48.1 Å². The second-order valence-electron chi connectivity index (χ2n) is 6.65. The predicted molar refractivity (Wildman–Crippen MR) is 89.0 cm³/mol. The van der Waals surface area contributed by atoms with Crippen molar-refractivity contribution in [2.45, 2.75) is 46.6 Å². The minimum atomic E-state index is 0.148. The van der Waals surface area contributed by atoms with E-state index in [1.54, 1.807) is 0 Å². The van der Waals surface area contributed by atoms with Crippen molar-refractivity contribution in [2.75, 3.05) is 0 Å². The van der Waals surface area contributed by atoms with Crippen LogP contribution in [0, 0.1) is 13.8 Å². The van der Waals surface area contributed by atoms with E-state index in [1.807, 2.05) is 12.1 Å². The third-order valence-electron chi connectivity index (χ3n) is 3.70. The molecule has 0 bridgehead atoms.